The van der Waals surface area contributed by atoms with E-state index in [-0.39, 0.29) is 12.3 Å². The molecule has 154 valence electrons. The van der Waals surface area contributed by atoms with Crippen LogP contribution in [0, 0.1) is 0 Å². The molecule has 0 bridgehead atoms. The Morgan fingerprint density at radius 1 is 1.21 bits per heavy atom. The first kappa shape index (κ1) is 20.7. The second-order valence-corrected chi connectivity index (χ2v) is 6.39. The number of carbonyl (C=O) groups excluding carboxylic acids is 2. The third kappa shape index (κ3) is 5.97. The molecule has 0 aliphatic carbocycles. The van der Waals surface area contributed by atoms with Gasteiger partial charge in [-0.3, -0.25) is 9.69 Å². The molecule has 1 aliphatic heterocycles. The number of rotatable bonds is 8. The smallest absolute Gasteiger partial charge is 0.340 e. The minimum Gasteiger partial charge on any atom is -0.462 e. The SMILES string of the molecule is CCOC(=O)c1ccccc1NC(=O)c1cc(NCCN2CCOCC2)ncn1. The van der Waals surface area contributed by atoms with Gasteiger partial charge < -0.3 is 20.1 Å². The fraction of sp³-hybridized carbons (Fsp3) is 0.400. The molecule has 1 aromatic carbocycles. The van der Waals surface area contributed by atoms with Gasteiger partial charge in [0.05, 0.1) is 31.1 Å². The predicted molar refractivity (Wildman–Crippen MR) is 108 cm³/mol. The molecule has 0 unspecified atom stereocenters. The highest BCUT2D eigenvalue weighted by Crippen LogP contribution is 2.17. The van der Waals surface area contributed by atoms with E-state index in [2.05, 4.69) is 25.5 Å². The van der Waals surface area contributed by atoms with Crippen LogP contribution in [0.1, 0.15) is 27.8 Å². The van der Waals surface area contributed by atoms with Gasteiger partial charge in [0.2, 0.25) is 0 Å². The molecular weight excluding hydrogens is 374 g/mol. The number of nitrogens with zero attached hydrogens (tertiary/aromatic N) is 3. The Morgan fingerprint density at radius 2 is 2.00 bits per heavy atom. The summed E-state index contributed by atoms with van der Waals surface area (Å²) in [5, 5.41) is 5.93. The minimum atomic E-state index is -0.489. The first-order valence-corrected chi connectivity index (χ1v) is 9.61. The molecule has 1 fully saturated rings. The van der Waals surface area contributed by atoms with Crippen molar-refractivity contribution < 1.29 is 19.1 Å². The van der Waals surface area contributed by atoms with Crippen LogP contribution in [0.4, 0.5) is 11.5 Å². The Bertz CT molecular complexity index is 839. The highest BCUT2D eigenvalue weighted by atomic mass is 16.5. The van der Waals surface area contributed by atoms with Gasteiger partial charge in [-0.05, 0) is 19.1 Å². The quantitative estimate of drug-likeness (QED) is 0.646. The molecule has 1 aromatic heterocycles. The van der Waals surface area contributed by atoms with Crippen LogP contribution in [0.15, 0.2) is 36.7 Å². The van der Waals surface area contributed by atoms with Crippen molar-refractivity contribution in [3.05, 3.63) is 47.9 Å². The third-order valence-corrected chi connectivity index (χ3v) is 4.41. The van der Waals surface area contributed by atoms with E-state index in [0.717, 1.165) is 32.8 Å². The summed E-state index contributed by atoms with van der Waals surface area (Å²) >= 11 is 0. The van der Waals surface area contributed by atoms with Gasteiger partial charge in [0, 0.05) is 32.2 Å². The Morgan fingerprint density at radius 3 is 2.79 bits per heavy atom. The molecule has 2 aromatic rings. The van der Waals surface area contributed by atoms with Gasteiger partial charge in [0.25, 0.3) is 5.91 Å². The summed E-state index contributed by atoms with van der Waals surface area (Å²) in [5.41, 5.74) is 0.865. The van der Waals surface area contributed by atoms with Crippen molar-refractivity contribution in [2.75, 3.05) is 56.6 Å². The molecule has 9 heteroatoms. The molecule has 1 aliphatic rings. The van der Waals surface area contributed by atoms with Gasteiger partial charge in [-0.1, -0.05) is 12.1 Å². The summed E-state index contributed by atoms with van der Waals surface area (Å²) in [5.74, 6) is -0.353. The van der Waals surface area contributed by atoms with Crippen molar-refractivity contribution >= 4 is 23.4 Å². The number of nitrogens with one attached hydrogen (secondary N) is 2. The van der Waals surface area contributed by atoms with Crippen molar-refractivity contribution in [3.63, 3.8) is 0 Å². The van der Waals surface area contributed by atoms with Gasteiger partial charge in [-0.25, -0.2) is 14.8 Å². The number of esters is 1. The maximum atomic E-state index is 12.6. The number of anilines is 2. The van der Waals surface area contributed by atoms with Crippen LogP contribution in [-0.2, 0) is 9.47 Å². The van der Waals surface area contributed by atoms with Crippen LogP contribution in [0.5, 0.6) is 0 Å². The van der Waals surface area contributed by atoms with Crippen LogP contribution in [0.25, 0.3) is 0 Å². The first-order valence-electron chi connectivity index (χ1n) is 9.61. The topological polar surface area (TPSA) is 106 Å². The molecule has 0 radical (unpaired) electrons. The predicted octanol–water partition coefficient (Wildman–Crippen LogP) is 1.65. The van der Waals surface area contributed by atoms with Gasteiger partial charge in [0.1, 0.15) is 17.8 Å². The maximum absolute atomic E-state index is 12.6. The number of carbonyl (C=O) groups is 2. The first-order chi connectivity index (χ1) is 14.2. The second kappa shape index (κ2) is 10.5. The lowest BCUT2D eigenvalue weighted by atomic mass is 10.1. The monoisotopic (exact) mass is 399 g/mol. The fourth-order valence-electron chi connectivity index (χ4n) is 2.91. The Kier molecular flexibility index (Phi) is 7.48. The van der Waals surface area contributed by atoms with Gasteiger partial charge in [-0.15, -0.1) is 0 Å². The normalized spacial score (nSPS) is 14.2. The Labute approximate surface area is 169 Å². The number of benzene rings is 1. The highest BCUT2D eigenvalue weighted by molar-refractivity contribution is 6.07. The molecule has 9 nitrogen and oxygen atoms in total. The lowest BCUT2D eigenvalue weighted by Gasteiger charge is -2.26. The van der Waals surface area contributed by atoms with E-state index in [1.807, 2.05) is 0 Å². The van der Waals surface area contributed by atoms with Crippen LogP contribution >= 0.6 is 0 Å². The largest absolute Gasteiger partial charge is 0.462 e. The van der Waals surface area contributed by atoms with Crippen molar-refractivity contribution in [3.8, 4) is 0 Å². The fourth-order valence-corrected chi connectivity index (χ4v) is 2.91. The highest BCUT2D eigenvalue weighted by Gasteiger charge is 2.16. The van der Waals surface area contributed by atoms with Crippen molar-refractivity contribution in [2.45, 2.75) is 6.92 Å². The van der Waals surface area contributed by atoms with Crippen LogP contribution in [0.2, 0.25) is 0 Å². The average molecular weight is 399 g/mol. The van der Waals surface area contributed by atoms with Crippen LogP contribution in [0.3, 0.4) is 0 Å². The summed E-state index contributed by atoms with van der Waals surface area (Å²) in [6.45, 7) is 6.89. The van der Waals surface area contributed by atoms with E-state index in [0.29, 0.717) is 23.6 Å². The van der Waals surface area contributed by atoms with E-state index in [1.54, 1.807) is 37.3 Å². The van der Waals surface area contributed by atoms with Crippen molar-refractivity contribution in [1.29, 1.82) is 0 Å². The number of hydrogen-bond acceptors (Lipinski definition) is 8. The molecule has 29 heavy (non-hydrogen) atoms. The van der Waals surface area contributed by atoms with Gasteiger partial charge in [0.15, 0.2) is 0 Å². The number of hydrogen-bond donors (Lipinski definition) is 2. The number of para-hydroxylation sites is 1. The summed E-state index contributed by atoms with van der Waals surface area (Å²) in [6.07, 6.45) is 1.34. The minimum absolute atomic E-state index is 0.201. The van der Waals surface area contributed by atoms with Gasteiger partial charge in [-0.2, -0.15) is 0 Å². The summed E-state index contributed by atoms with van der Waals surface area (Å²) in [4.78, 5) is 35.2. The summed E-state index contributed by atoms with van der Waals surface area (Å²) < 4.78 is 10.4. The number of morpholine rings is 1. The molecule has 2 N–H and O–H groups in total. The summed E-state index contributed by atoms with van der Waals surface area (Å²) in [6, 6.07) is 8.28. The van der Waals surface area contributed by atoms with E-state index in [9.17, 15) is 9.59 Å². The second-order valence-electron chi connectivity index (χ2n) is 6.39. The van der Waals surface area contributed by atoms with Crippen molar-refractivity contribution in [2.24, 2.45) is 0 Å². The number of aromatic nitrogens is 2. The molecule has 1 saturated heterocycles. The molecule has 1 amide bonds. The maximum Gasteiger partial charge on any atom is 0.340 e. The Balaban J connectivity index is 1.60. The molecule has 0 spiro atoms. The van der Waals surface area contributed by atoms with E-state index in [4.69, 9.17) is 9.47 Å². The summed E-state index contributed by atoms with van der Waals surface area (Å²) in [7, 11) is 0. The average Bonchev–Trinajstić information content (AvgIpc) is 2.75. The standard InChI is InChI=1S/C20H25N5O4/c1-2-29-20(27)15-5-3-4-6-16(15)24-19(26)17-13-18(23-14-22-17)21-7-8-25-9-11-28-12-10-25/h3-6,13-14H,2,7-12H2,1H3,(H,24,26)(H,21,22,23). The zero-order chi connectivity index (χ0) is 20.5. The van der Waals surface area contributed by atoms with Crippen LogP contribution < -0.4 is 10.6 Å². The van der Waals surface area contributed by atoms with E-state index in [1.165, 1.54) is 6.33 Å². The zero-order valence-electron chi connectivity index (χ0n) is 16.4. The Hall–Kier alpha value is -3.04. The van der Waals surface area contributed by atoms with Crippen LogP contribution in [-0.4, -0.2) is 72.7 Å². The molecular formula is C20H25N5O4. The lowest BCUT2D eigenvalue weighted by molar-refractivity contribution is 0.0398. The number of ether oxygens (including phenoxy) is 2. The lowest BCUT2D eigenvalue weighted by Crippen LogP contribution is -2.39. The van der Waals surface area contributed by atoms with E-state index >= 15 is 0 Å². The van der Waals surface area contributed by atoms with Gasteiger partial charge >= 0.3 is 5.97 Å². The zero-order valence-corrected chi connectivity index (χ0v) is 16.4. The molecule has 0 saturated carbocycles. The molecule has 2 heterocycles. The molecule has 0 atom stereocenters. The molecule has 3 rings (SSSR count). The van der Waals surface area contributed by atoms with E-state index < -0.39 is 11.9 Å². The van der Waals surface area contributed by atoms with Crippen molar-refractivity contribution in [1.82, 2.24) is 14.9 Å². The third-order valence-electron chi connectivity index (χ3n) is 4.41. The number of amides is 1.